The number of benzene rings is 1. The maximum atomic E-state index is 12.1. The van der Waals surface area contributed by atoms with Gasteiger partial charge in [0, 0.05) is 31.5 Å². The smallest absolute Gasteiger partial charge is 0.254 e. The lowest BCUT2D eigenvalue weighted by molar-refractivity contribution is -0.120. The monoisotopic (exact) mass is 439 g/mol. The van der Waals surface area contributed by atoms with Gasteiger partial charge in [0.15, 0.2) is 0 Å². The van der Waals surface area contributed by atoms with Crippen molar-refractivity contribution in [2.24, 2.45) is 11.1 Å². The van der Waals surface area contributed by atoms with E-state index in [0.29, 0.717) is 24.7 Å². The quantitative estimate of drug-likeness (QED) is 0.498. The molecule has 3 rings (SSSR count). The van der Waals surface area contributed by atoms with Gasteiger partial charge in [-0.05, 0) is 36.0 Å². The molecule has 32 heavy (non-hydrogen) atoms. The van der Waals surface area contributed by atoms with Gasteiger partial charge < -0.3 is 16.4 Å². The number of hydrazine groups is 1. The van der Waals surface area contributed by atoms with Gasteiger partial charge in [-0.3, -0.25) is 15.0 Å². The zero-order valence-corrected chi connectivity index (χ0v) is 19.1. The molecule has 2 heterocycles. The number of hydrogen-bond donors (Lipinski definition) is 4. The first-order valence-corrected chi connectivity index (χ1v) is 11.0. The zero-order valence-electron chi connectivity index (χ0n) is 19.1. The first-order valence-electron chi connectivity index (χ1n) is 11.0. The molecule has 5 N–H and O–H groups in total. The zero-order chi connectivity index (χ0) is 23.1. The van der Waals surface area contributed by atoms with E-state index in [1.165, 1.54) is 12.6 Å². The number of rotatable bonds is 8. The Morgan fingerprint density at radius 2 is 1.78 bits per heavy atom. The molecule has 172 valence electrons. The van der Waals surface area contributed by atoms with Crippen molar-refractivity contribution >= 4 is 29.3 Å². The minimum atomic E-state index is -0.607. The molecule has 1 aromatic heterocycles. The van der Waals surface area contributed by atoms with E-state index < -0.39 is 5.91 Å². The summed E-state index contributed by atoms with van der Waals surface area (Å²) >= 11 is 0. The fraction of sp³-hybridized carbons (Fsp3) is 0.478. The average molecular weight is 440 g/mol. The summed E-state index contributed by atoms with van der Waals surface area (Å²) in [6, 6.07) is 7.43. The Hall–Kier alpha value is -3.20. The molecule has 1 aromatic carbocycles. The van der Waals surface area contributed by atoms with Crippen LogP contribution in [0.1, 0.15) is 56.0 Å². The molecule has 0 unspecified atom stereocenters. The van der Waals surface area contributed by atoms with Crippen LogP contribution in [0.15, 0.2) is 30.5 Å². The van der Waals surface area contributed by atoms with Gasteiger partial charge in [-0.15, -0.1) is 0 Å². The highest BCUT2D eigenvalue weighted by atomic mass is 16.2. The van der Waals surface area contributed by atoms with Crippen LogP contribution in [0.2, 0.25) is 0 Å². The number of anilines is 3. The summed E-state index contributed by atoms with van der Waals surface area (Å²) < 4.78 is 0. The number of piperidine rings is 1. The lowest BCUT2D eigenvalue weighted by atomic mass is 9.97. The van der Waals surface area contributed by atoms with E-state index in [-0.39, 0.29) is 16.9 Å². The topological polar surface area (TPSA) is 125 Å². The minimum absolute atomic E-state index is 0.0131. The Morgan fingerprint density at radius 3 is 2.41 bits per heavy atom. The van der Waals surface area contributed by atoms with E-state index in [9.17, 15) is 9.59 Å². The number of amides is 2. The summed E-state index contributed by atoms with van der Waals surface area (Å²) in [4.78, 5) is 32.7. The first-order chi connectivity index (χ1) is 15.2. The number of nitrogens with zero attached hydrogens (tertiary/aromatic N) is 3. The lowest BCUT2D eigenvalue weighted by Gasteiger charge is -2.26. The molecule has 2 aromatic rings. The summed E-state index contributed by atoms with van der Waals surface area (Å²) in [7, 11) is 0. The Labute approximate surface area is 189 Å². The van der Waals surface area contributed by atoms with Crippen molar-refractivity contribution in [3.63, 3.8) is 0 Å². The van der Waals surface area contributed by atoms with E-state index in [1.54, 1.807) is 0 Å². The minimum Gasteiger partial charge on any atom is -0.365 e. The number of primary amides is 1. The van der Waals surface area contributed by atoms with Crippen molar-refractivity contribution in [1.82, 2.24) is 20.3 Å². The van der Waals surface area contributed by atoms with Crippen molar-refractivity contribution in [3.8, 4) is 0 Å². The van der Waals surface area contributed by atoms with Gasteiger partial charge in [0.05, 0.1) is 6.42 Å². The van der Waals surface area contributed by atoms with E-state index in [2.05, 4.69) is 51.8 Å². The summed E-state index contributed by atoms with van der Waals surface area (Å²) in [6.45, 7) is 8.71. The van der Waals surface area contributed by atoms with Gasteiger partial charge in [0.25, 0.3) is 5.91 Å². The fourth-order valence-electron chi connectivity index (χ4n) is 3.31. The Balaban J connectivity index is 1.66. The van der Waals surface area contributed by atoms with Crippen molar-refractivity contribution in [1.29, 1.82) is 0 Å². The Morgan fingerprint density at radius 1 is 1.09 bits per heavy atom. The normalized spacial score (nSPS) is 14.6. The molecule has 0 saturated carbocycles. The summed E-state index contributed by atoms with van der Waals surface area (Å²) in [5, 5.41) is 8.17. The number of carbonyl (C=O) groups excluding carboxylic acids is 2. The van der Waals surface area contributed by atoms with Gasteiger partial charge in [-0.25, -0.2) is 9.99 Å². The fourth-order valence-corrected chi connectivity index (χ4v) is 3.31. The van der Waals surface area contributed by atoms with Crippen LogP contribution >= 0.6 is 0 Å². The van der Waals surface area contributed by atoms with Gasteiger partial charge in [-0.1, -0.05) is 39.3 Å². The second-order valence-corrected chi connectivity index (χ2v) is 9.32. The highest BCUT2D eigenvalue weighted by Crippen LogP contribution is 2.21. The van der Waals surface area contributed by atoms with Crippen molar-refractivity contribution in [2.75, 3.05) is 30.4 Å². The third kappa shape index (κ3) is 7.19. The van der Waals surface area contributed by atoms with Crippen LogP contribution in [0.4, 0.5) is 17.5 Å². The SMILES string of the molecule is CC(C)(C)CNC(=O)Cc1ccc(Nc2nc(NN3CCCCC3)ncc2C(N)=O)cc1. The number of aromatic nitrogens is 2. The number of nitrogens with one attached hydrogen (secondary N) is 3. The molecule has 2 amide bonds. The van der Waals surface area contributed by atoms with Gasteiger partial charge in [-0.2, -0.15) is 4.98 Å². The molecule has 0 radical (unpaired) electrons. The van der Waals surface area contributed by atoms with Gasteiger partial charge >= 0.3 is 0 Å². The maximum absolute atomic E-state index is 12.1. The highest BCUT2D eigenvalue weighted by molar-refractivity contribution is 5.98. The molecule has 0 spiro atoms. The molecule has 0 aliphatic carbocycles. The largest absolute Gasteiger partial charge is 0.365 e. The summed E-state index contributed by atoms with van der Waals surface area (Å²) in [5.41, 5.74) is 10.6. The van der Waals surface area contributed by atoms with Crippen LogP contribution in [-0.4, -0.2) is 46.4 Å². The van der Waals surface area contributed by atoms with Crippen molar-refractivity contribution in [3.05, 3.63) is 41.6 Å². The standard InChI is InChI=1S/C23H33N7O2/c1-23(2,3)15-26-19(31)13-16-7-9-17(10-8-16)27-21-18(20(24)32)14-25-22(28-21)29-30-11-5-4-6-12-30/h7-10,14H,4-6,11-13,15H2,1-3H3,(H2,24,32)(H,26,31)(H2,25,27,28,29). The van der Waals surface area contributed by atoms with Crippen LogP contribution in [0.5, 0.6) is 0 Å². The van der Waals surface area contributed by atoms with Crippen molar-refractivity contribution < 1.29 is 9.59 Å². The molecule has 1 saturated heterocycles. The third-order valence-corrected chi connectivity index (χ3v) is 5.07. The van der Waals surface area contributed by atoms with Crippen LogP contribution in [0.3, 0.4) is 0 Å². The predicted molar refractivity (Wildman–Crippen MR) is 125 cm³/mol. The molecular formula is C23H33N7O2. The molecule has 9 heteroatoms. The van der Waals surface area contributed by atoms with Crippen LogP contribution in [-0.2, 0) is 11.2 Å². The number of nitrogens with two attached hydrogens (primary N) is 1. The Bertz CT molecular complexity index is 932. The molecule has 0 atom stereocenters. The average Bonchev–Trinajstić information content (AvgIpc) is 2.74. The predicted octanol–water partition coefficient (Wildman–Crippen LogP) is 2.84. The van der Waals surface area contributed by atoms with Crippen LogP contribution in [0.25, 0.3) is 0 Å². The molecule has 1 fully saturated rings. The van der Waals surface area contributed by atoms with E-state index in [4.69, 9.17) is 5.73 Å². The number of hydrogen-bond acceptors (Lipinski definition) is 7. The van der Waals surface area contributed by atoms with E-state index in [0.717, 1.165) is 37.2 Å². The Kier molecular flexibility index (Phi) is 7.63. The molecule has 1 aliphatic heterocycles. The van der Waals surface area contributed by atoms with E-state index >= 15 is 0 Å². The highest BCUT2D eigenvalue weighted by Gasteiger charge is 2.16. The van der Waals surface area contributed by atoms with Crippen LogP contribution in [0, 0.1) is 5.41 Å². The summed E-state index contributed by atoms with van der Waals surface area (Å²) in [6.07, 6.45) is 5.20. The van der Waals surface area contributed by atoms with Gasteiger partial charge in [0.2, 0.25) is 11.9 Å². The maximum Gasteiger partial charge on any atom is 0.254 e. The molecule has 9 nitrogen and oxygen atoms in total. The third-order valence-electron chi connectivity index (χ3n) is 5.07. The number of carbonyl (C=O) groups is 2. The molecule has 1 aliphatic rings. The van der Waals surface area contributed by atoms with Gasteiger partial charge in [0.1, 0.15) is 11.4 Å². The van der Waals surface area contributed by atoms with Crippen molar-refractivity contribution in [2.45, 2.75) is 46.5 Å². The molecule has 0 bridgehead atoms. The van der Waals surface area contributed by atoms with Crippen LogP contribution < -0.4 is 21.8 Å². The van der Waals surface area contributed by atoms with E-state index in [1.807, 2.05) is 24.3 Å². The first kappa shape index (κ1) is 23.5. The second kappa shape index (κ2) is 10.4. The second-order valence-electron chi connectivity index (χ2n) is 9.32. The lowest BCUT2D eigenvalue weighted by Crippen LogP contribution is -2.35. The summed E-state index contributed by atoms with van der Waals surface area (Å²) in [5.74, 6) is 0.124. The molecular weight excluding hydrogens is 406 g/mol.